The fourth-order valence-corrected chi connectivity index (χ4v) is 5.01. The number of nitrogens with zero attached hydrogens (tertiary/aromatic N) is 2. The molecule has 19 nitrogen and oxygen atoms in total. The minimum Gasteiger partial charge on any atom is -0.505 e. The molecule has 2 fully saturated rings. The van der Waals surface area contributed by atoms with Crippen LogP contribution in [0.4, 0.5) is 0 Å². The van der Waals surface area contributed by atoms with E-state index in [0.717, 1.165) is 0 Å². The number of aldehydes is 1. The topological polar surface area (TPSA) is 276 Å². The average Bonchev–Trinajstić information content (AvgIpc) is 3.63. The van der Waals surface area contributed by atoms with Gasteiger partial charge < -0.3 is 48.7 Å². The number of aliphatic hydroxyl groups excluding tert-OH is 3. The van der Waals surface area contributed by atoms with Crippen LogP contribution < -0.4 is 5.48 Å². The van der Waals surface area contributed by atoms with Crippen LogP contribution in [0.5, 0.6) is 0 Å². The number of phosphoric ester groups is 1. The Morgan fingerprint density at radius 2 is 1.81 bits per heavy atom. The predicted molar refractivity (Wildman–Crippen MR) is 130 cm³/mol. The molecular formula is C22H30N3O16P. The van der Waals surface area contributed by atoms with E-state index in [9.17, 15) is 48.7 Å². The largest absolute Gasteiger partial charge is 0.525 e. The Bertz CT molecular complexity index is 1170. The molecule has 0 aromatic carbocycles. The zero-order chi connectivity index (χ0) is 31.2. The molecule has 6 N–H and O–H groups in total. The Hall–Kier alpha value is -3.61. The second-order valence-corrected chi connectivity index (χ2v) is 10.6. The van der Waals surface area contributed by atoms with Crippen LogP contribution in [-0.2, 0) is 52.2 Å². The standard InChI is InChI=1S/C22H30N3O16P/c26-9-12-13(28)5-7-25(12)21(33)11-2-1-6-24(11)15(29)8-23-40-17(31)4-3-16(30)38-14(10-27)19-18(32)20(22(34)39-19)41-42(35,36)37/h9,11-14,19,23,27-28,32H,1-8,10H2,(H2,35,36,37). The summed E-state index contributed by atoms with van der Waals surface area (Å²) in [7, 11) is -5.25. The molecular weight excluding hydrogens is 593 g/mol. The van der Waals surface area contributed by atoms with Gasteiger partial charge in [-0.2, -0.15) is 0 Å². The highest BCUT2D eigenvalue weighted by Crippen LogP contribution is 2.42. The van der Waals surface area contributed by atoms with Gasteiger partial charge in [-0.1, -0.05) is 0 Å². The number of cyclic esters (lactones) is 1. The van der Waals surface area contributed by atoms with Crippen LogP contribution in [0.15, 0.2) is 11.5 Å². The first-order chi connectivity index (χ1) is 19.8. The van der Waals surface area contributed by atoms with E-state index in [1.165, 1.54) is 9.80 Å². The molecule has 0 aromatic heterocycles. The number of likely N-dealkylation sites (tertiary alicyclic amines) is 2. The Morgan fingerprint density at radius 1 is 1.12 bits per heavy atom. The zero-order valence-corrected chi connectivity index (χ0v) is 22.8. The fraction of sp³-hybridized carbons (Fsp3) is 0.636. The second kappa shape index (κ2) is 14.0. The van der Waals surface area contributed by atoms with Gasteiger partial charge in [-0.25, -0.2) is 9.36 Å². The van der Waals surface area contributed by atoms with Crippen molar-refractivity contribution in [2.45, 2.75) is 62.5 Å². The van der Waals surface area contributed by atoms with Gasteiger partial charge in [0.2, 0.25) is 17.9 Å². The Balaban J connectivity index is 1.42. The van der Waals surface area contributed by atoms with Gasteiger partial charge in [0.15, 0.2) is 11.9 Å². The number of rotatable bonds is 13. The number of carbonyl (C=O) groups is 6. The summed E-state index contributed by atoms with van der Waals surface area (Å²) in [6.07, 6.45) is -4.13. The maximum atomic E-state index is 12.9. The van der Waals surface area contributed by atoms with E-state index in [0.29, 0.717) is 19.1 Å². The highest BCUT2D eigenvalue weighted by molar-refractivity contribution is 7.46. The number of hydroxylamine groups is 1. The van der Waals surface area contributed by atoms with Gasteiger partial charge in [0, 0.05) is 13.1 Å². The number of phosphoric acid groups is 1. The van der Waals surface area contributed by atoms with E-state index in [2.05, 4.69) is 14.7 Å². The summed E-state index contributed by atoms with van der Waals surface area (Å²) in [5.74, 6) is -7.00. The summed E-state index contributed by atoms with van der Waals surface area (Å²) in [4.78, 5) is 97.5. The first-order valence-electron chi connectivity index (χ1n) is 12.6. The quantitative estimate of drug-likeness (QED) is 0.0385. The molecule has 0 saturated carbocycles. The Morgan fingerprint density at radius 3 is 2.45 bits per heavy atom. The summed E-state index contributed by atoms with van der Waals surface area (Å²) >= 11 is 0. The number of esters is 2. The number of nitrogens with one attached hydrogen (secondary N) is 1. The molecule has 3 heterocycles. The lowest BCUT2D eigenvalue weighted by Crippen LogP contribution is -2.52. The average molecular weight is 623 g/mol. The van der Waals surface area contributed by atoms with Crippen molar-refractivity contribution in [3.05, 3.63) is 11.5 Å². The monoisotopic (exact) mass is 623 g/mol. The van der Waals surface area contributed by atoms with Gasteiger partial charge in [-0.05, 0) is 19.3 Å². The van der Waals surface area contributed by atoms with Crippen molar-refractivity contribution in [1.82, 2.24) is 15.3 Å². The normalized spacial score (nSPS) is 24.8. The highest BCUT2D eigenvalue weighted by atomic mass is 31.2. The van der Waals surface area contributed by atoms with Gasteiger partial charge in [-0.3, -0.25) is 29.0 Å². The second-order valence-electron chi connectivity index (χ2n) is 9.39. The van der Waals surface area contributed by atoms with E-state index in [4.69, 9.17) is 19.4 Å². The molecule has 0 bridgehead atoms. The number of hydrogen-bond acceptors (Lipinski definition) is 15. The molecule has 5 atom stereocenters. The number of aliphatic hydroxyl groups is 3. The van der Waals surface area contributed by atoms with Crippen molar-refractivity contribution < 1.29 is 77.3 Å². The molecule has 0 aromatic rings. The molecule has 0 radical (unpaired) electrons. The molecule has 42 heavy (non-hydrogen) atoms. The minimum atomic E-state index is -5.25. The van der Waals surface area contributed by atoms with Crippen LogP contribution in [0.2, 0.25) is 0 Å². The van der Waals surface area contributed by atoms with Crippen LogP contribution in [0.25, 0.3) is 0 Å². The summed E-state index contributed by atoms with van der Waals surface area (Å²) in [6, 6.07) is -1.83. The van der Waals surface area contributed by atoms with Crippen LogP contribution in [-0.4, -0.2) is 128 Å². The maximum absolute atomic E-state index is 12.9. The van der Waals surface area contributed by atoms with Gasteiger partial charge >= 0.3 is 25.7 Å². The van der Waals surface area contributed by atoms with Crippen molar-refractivity contribution in [1.29, 1.82) is 0 Å². The Labute approximate surface area is 237 Å². The smallest absolute Gasteiger partial charge is 0.505 e. The van der Waals surface area contributed by atoms with E-state index in [1.807, 2.05) is 0 Å². The number of amides is 2. The van der Waals surface area contributed by atoms with Crippen LogP contribution in [0.3, 0.4) is 0 Å². The van der Waals surface area contributed by atoms with E-state index >= 15 is 0 Å². The number of ether oxygens (including phenoxy) is 2. The van der Waals surface area contributed by atoms with Crippen molar-refractivity contribution >= 4 is 43.8 Å². The lowest BCUT2D eigenvalue weighted by Gasteiger charge is -2.30. The molecule has 3 aliphatic heterocycles. The number of carbonyl (C=O) groups excluding carboxylic acids is 6. The summed E-state index contributed by atoms with van der Waals surface area (Å²) in [5.41, 5.74) is 2.14. The first kappa shape index (κ1) is 32.9. The van der Waals surface area contributed by atoms with E-state index in [1.54, 1.807) is 0 Å². The molecule has 5 unspecified atom stereocenters. The van der Waals surface area contributed by atoms with Crippen molar-refractivity contribution in [2.75, 3.05) is 26.2 Å². The summed E-state index contributed by atoms with van der Waals surface area (Å²) < 4.78 is 24.5. The molecule has 3 rings (SSSR count). The molecule has 234 valence electrons. The molecule has 0 aliphatic carbocycles. The fourth-order valence-electron chi connectivity index (χ4n) is 4.60. The van der Waals surface area contributed by atoms with E-state index < -0.39 is 105 Å². The van der Waals surface area contributed by atoms with Crippen LogP contribution >= 0.6 is 7.82 Å². The van der Waals surface area contributed by atoms with Crippen LogP contribution in [0.1, 0.15) is 32.1 Å². The molecule has 20 heteroatoms. The molecule has 2 saturated heterocycles. The van der Waals surface area contributed by atoms with Crippen molar-refractivity contribution in [3.8, 4) is 0 Å². The van der Waals surface area contributed by atoms with Crippen molar-refractivity contribution in [3.63, 3.8) is 0 Å². The third kappa shape index (κ3) is 8.02. The van der Waals surface area contributed by atoms with Gasteiger partial charge in [0.05, 0.1) is 25.6 Å². The lowest BCUT2D eigenvalue weighted by molar-refractivity contribution is -0.167. The van der Waals surface area contributed by atoms with E-state index in [-0.39, 0.29) is 19.5 Å². The van der Waals surface area contributed by atoms with Gasteiger partial charge in [0.1, 0.15) is 24.9 Å². The Kier molecular flexibility index (Phi) is 11.0. The minimum absolute atomic E-state index is 0.176. The highest BCUT2D eigenvalue weighted by Gasteiger charge is 2.45. The molecule has 3 aliphatic rings. The first-order valence-corrected chi connectivity index (χ1v) is 14.2. The predicted octanol–water partition coefficient (Wildman–Crippen LogP) is -3.33. The number of hydrogen-bond donors (Lipinski definition) is 6. The molecule has 2 amide bonds. The molecule has 0 spiro atoms. The SMILES string of the molecule is O=CC1C(O)CCN1C(=O)C1CCCN1C(=O)CNOC(=O)CCC(=O)OC(CO)C1OC(=O)C(OP(=O)(O)O)=C1O. The van der Waals surface area contributed by atoms with Gasteiger partial charge in [0.25, 0.3) is 5.76 Å². The summed E-state index contributed by atoms with van der Waals surface area (Å²) in [6.45, 7) is -1.09. The third-order valence-electron chi connectivity index (χ3n) is 6.58. The summed E-state index contributed by atoms with van der Waals surface area (Å²) in [5, 5.41) is 29.3. The third-order valence-corrected chi connectivity index (χ3v) is 7.00. The van der Waals surface area contributed by atoms with Gasteiger partial charge in [-0.15, -0.1) is 5.48 Å². The van der Waals surface area contributed by atoms with Crippen molar-refractivity contribution in [2.24, 2.45) is 0 Å². The van der Waals surface area contributed by atoms with Crippen LogP contribution in [0, 0.1) is 0 Å². The lowest BCUT2D eigenvalue weighted by atomic mass is 10.1. The maximum Gasteiger partial charge on any atom is 0.525 e. The zero-order valence-electron chi connectivity index (χ0n) is 21.9.